The molecule has 0 bridgehead atoms. The number of rotatable bonds is 4. The maximum absolute atomic E-state index is 13.5. The number of hydrogen-bond donors (Lipinski definition) is 2. The molecular weight excluding hydrogens is 247 g/mol. The van der Waals surface area contributed by atoms with E-state index in [1.165, 1.54) is 12.1 Å². The third-order valence-electron chi connectivity index (χ3n) is 2.79. The first-order valence-corrected chi connectivity index (χ1v) is 5.75. The van der Waals surface area contributed by atoms with E-state index in [2.05, 4.69) is 10.3 Å². The van der Waals surface area contributed by atoms with Crippen molar-refractivity contribution >= 4 is 11.7 Å². The second-order valence-electron chi connectivity index (χ2n) is 4.09. The van der Waals surface area contributed by atoms with Crippen molar-refractivity contribution in [2.24, 2.45) is 0 Å². The van der Waals surface area contributed by atoms with E-state index in [1.807, 2.05) is 19.1 Å². The van der Waals surface area contributed by atoms with Crippen molar-refractivity contribution in [1.29, 1.82) is 0 Å². The molecule has 0 atom stereocenters. The Labute approximate surface area is 109 Å². The van der Waals surface area contributed by atoms with Gasteiger partial charge in [0.05, 0.1) is 17.9 Å². The molecule has 2 rings (SSSR count). The van der Waals surface area contributed by atoms with E-state index >= 15 is 0 Å². The lowest BCUT2D eigenvalue weighted by atomic mass is 10.1. The second kappa shape index (κ2) is 5.48. The monoisotopic (exact) mass is 260 g/mol. The van der Waals surface area contributed by atoms with Crippen LogP contribution in [0.3, 0.4) is 0 Å². The number of carboxylic acid groups (broad SMARTS) is 1. The third kappa shape index (κ3) is 2.88. The minimum absolute atomic E-state index is 0.248. The summed E-state index contributed by atoms with van der Waals surface area (Å²) in [5, 5.41) is 11.9. The fourth-order valence-electron chi connectivity index (χ4n) is 1.77. The van der Waals surface area contributed by atoms with Gasteiger partial charge in [-0.25, -0.2) is 9.18 Å². The number of aromatic nitrogens is 1. The summed E-state index contributed by atoms with van der Waals surface area (Å²) in [6.07, 6.45) is 1.66. The Hall–Kier alpha value is -2.43. The van der Waals surface area contributed by atoms with Gasteiger partial charge in [0.25, 0.3) is 0 Å². The Kier molecular flexibility index (Phi) is 3.75. The highest BCUT2D eigenvalue weighted by atomic mass is 19.1. The second-order valence-corrected chi connectivity index (χ2v) is 4.09. The van der Waals surface area contributed by atoms with Gasteiger partial charge in [-0.05, 0) is 30.7 Å². The number of anilines is 1. The minimum atomic E-state index is -1.29. The van der Waals surface area contributed by atoms with Crippen LogP contribution >= 0.6 is 0 Å². The lowest BCUT2D eigenvalue weighted by Gasteiger charge is -2.11. The fourth-order valence-corrected chi connectivity index (χ4v) is 1.77. The first kappa shape index (κ1) is 13.0. The van der Waals surface area contributed by atoms with Crippen LogP contribution in [0.5, 0.6) is 0 Å². The smallest absolute Gasteiger partial charge is 0.340 e. The third-order valence-corrected chi connectivity index (χ3v) is 2.79. The van der Waals surface area contributed by atoms with Crippen molar-refractivity contribution in [3.8, 4) is 0 Å². The van der Waals surface area contributed by atoms with Crippen LogP contribution in [0.1, 0.15) is 21.6 Å². The predicted molar refractivity (Wildman–Crippen MR) is 69.7 cm³/mol. The number of carbonyl (C=O) groups is 1. The van der Waals surface area contributed by atoms with Crippen LogP contribution in [0.15, 0.2) is 36.5 Å². The molecule has 0 amide bonds. The van der Waals surface area contributed by atoms with E-state index in [4.69, 9.17) is 5.11 Å². The van der Waals surface area contributed by atoms with Crippen molar-refractivity contribution in [3.63, 3.8) is 0 Å². The van der Waals surface area contributed by atoms with Gasteiger partial charge in [0.15, 0.2) is 0 Å². The normalized spacial score (nSPS) is 10.2. The number of carboxylic acids is 1. The molecule has 0 unspecified atom stereocenters. The molecule has 1 aromatic heterocycles. The number of pyridine rings is 1. The summed E-state index contributed by atoms with van der Waals surface area (Å²) in [7, 11) is 0. The maximum Gasteiger partial charge on any atom is 0.340 e. The molecular formula is C14H13FN2O2. The van der Waals surface area contributed by atoms with E-state index in [0.29, 0.717) is 6.54 Å². The van der Waals surface area contributed by atoms with Gasteiger partial charge in [-0.15, -0.1) is 0 Å². The van der Waals surface area contributed by atoms with Crippen LogP contribution in [-0.2, 0) is 6.54 Å². The van der Waals surface area contributed by atoms with Crippen LogP contribution in [0.25, 0.3) is 0 Å². The molecule has 0 aliphatic carbocycles. The van der Waals surface area contributed by atoms with Gasteiger partial charge < -0.3 is 10.4 Å². The lowest BCUT2D eigenvalue weighted by molar-refractivity contribution is 0.0693. The molecule has 1 heterocycles. The molecule has 0 aliphatic heterocycles. The highest BCUT2D eigenvalue weighted by molar-refractivity contribution is 5.94. The Balaban J connectivity index is 2.23. The average molecular weight is 260 g/mol. The number of aryl methyl sites for hydroxylation is 1. The van der Waals surface area contributed by atoms with Gasteiger partial charge in [0.2, 0.25) is 0 Å². The topological polar surface area (TPSA) is 62.2 Å². The van der Waals surface area contributed by atoms with Crippen molar-refractivity contribution in [2.75, 3.05) is 5.32 Å². The standard InChI is InChI=1S/C14H13FN2O2/c1-9-4-3-7-16-12(9)8-17-11-6-2-5-10(15)13(11)14(18)19/h2-7,17H,8H2,1H3,(H,18,19). The Morgan fingerprint density at radius 2 is 2.16 bits per heavy atom. The van der Waals surface area contributed by atoms with E-state index < -0.39 is 11.8 Å². The molecule has 5 heteroatoms. The molecule has 2 aromatic rings. The van der Waals surface area contributed by atoms with E-state index in [0.717, 1.165) is 17.3 Å². The van der Waals surface area contributed by atoms with E-state index in [9.17, 15) is 9.18 Å². The van der Waals surface area contributed by atoms with E-state index in [-0.39, 0.29) is 11.3 Å². The largest absolute Gasteiger partial charge is 0.478 e. The van der Waals surface area contributed by atoms with Crippen LogP contribution in [-0.4, -0.2) is 16.1 Å². The highest BCUT2D eigenvalue weighted by Crippen LogP contribution is 2.19. The number of aromatic carboxylic acids is 1. The molecule has 0 aliphatic rings. The van der Waals surface area contributed by atoms with Gasteiger partial charge >= 0.3 is 5.97 Å². The molecule has 4 nitrogen and oxygen atoms in total. The molecule has 2 N–H and O–H groups in total. The lowest BCUT2D eigenvalue weighted by Crippen LogP contribution is -2.10. The number of nitrogens with one attached hydrogen (secondary N) is 1. The molecule has 0 saturated carbocycles. The van der Waals surface area contributed by atoms with Crippen LogP contribution in [0, 0.1) is 12.7 Å². The highest BCUT2D eigenvalue weighted by Gasteiger charge is 2.15. The summed E-state index contributed by atoms with van der Waals surface area (Å²) in [4.78, 5) is 15.2. The van der Waals surface area contributed by atoms with Gasteiger partial charge in [-0.3, -0.25) is 4.98 Å². The zero-order valence-corrected chi connectivity index (χ0v) is 10.4. The zero-order chi connectivity index (χ0) is 13.8. The van der Waals surface area contributed by atoms with Crippen molar-refractivity contribution < 1.29 is 14.3 Å². The number of benzene rings is 1. The fraction of sp³-hybridized carbons (Fsp3) is 0.143. The average Bonchev–Trinajstić information content (AvgIpc) is 2.37. The van der Waals surface area contributed by atoms with Crippen molar-refractivity contribution in [2.45, 2.75) is 13.5 Å². The number of halogens is 1. The zero-order valence-electron chi connectivity index (χ0n) is 10.4. The van der Waals surface area contributed by atoms with Crippen LogP contribution in [0.4, 0.5) is 10.1 Å². The van der Waals surface area contributed by atoms with Gasteiger partial charge in [-0.2, -0.15) is 0 Å². The van der Waals surface area contributed by atoms with E-state index in [1.54, 1.807) is 6.20 Å². The van der Waals surface area contributed by atoms with Crippen molar-refractivity contribution in [1.82, 2.24) is 4.98 Å². The van der Waals surface area contributed by atoms with Crippen LogP contribution < -0.4 is 5.32 Å². The Morgan fingerprint density at radius 3 is 2.84 bits per heavy atom. The summed E-state index contributed by atoms with van der Waals surface area (Å²) in [5.41, 5.74) is 1.68. The molecule has 1 aromatic carbocycles. The van der Waals surface area contributed by atoms with Gasteiger partial charge in [0, 0.05) is 6.20 Å². The summed E-state index contributed by atoms with van der Waals surface area (Å²) in [6.45, 7) is 2.25. The summed E-state index contributed by atoms with van der Waals surface area (Å²) in [6, 6.07) is 7.86. The SMILES string of the molecule is Cc1cccnc1CNc1cccc(F)c1C(=O)O. The molecule has 98 valence electrons. The molecule has 0 spiro atoms. The summed E-state index contributed by atoms with van der Waals surface area (Å²) >= 11 is 0. The first-order valence-electron chi connectivity index (χ1n) is 5.75. The van der Waals surface area contributed by atoms with Crippen molar-refractivity contribution in [3.05, 3.63) is 59.2 Å². The number of hydrogen-bond acceptors (Lipinski definition) is 3. The Morgan fingerprint density at radius 1 is 1.37 bits per heavy atom. The number of nitrogens with zero attached hydrogens (tertiary/aromatic N) is 1. The molecule has 0 fully saturated rings. The predicted octanol–water partition coefficient (Wildman–Crippen LogP) is 2.84. The van der Waals surface area contributed by atoms with Crippen LogP contribution in [0.2, 0.25) is 0 Å². The quantitative estimate of drug-likeness (QED) is 0.887. The van der Waals surface area contributed by atoms with Gasteiger partial charge in [0.1, 0.15) is 11.4 Å². The molecule has 0 saturated heterocycles. The minimum Gasteiger partial charge on any atom is -0.478 e. The summed E-state index contributed by atoms with van der Waals surface area (Å²) in [5.74, 6) is -2.05. The molecule has 0 radical (unpaired) electrons. The molecule has 19 heavy (non-hydrogen) atoms. The van der Waals surface area contributed by atoms with Gasteiger partial charge in [-0.1, -0.05) is 12.1 Å². The summed E-state index contributed by atoms with van der Waals surface area (Å²) < 4.78 is 13.5. The Bertz CT molecular complexity index is 614. The first-order chi connectivity index (χ1) is 9.09. The maximum atomic E-state index is 13.5.